The lowest BCUT2D eigenvalue weighted by Gasteiger charge is -2.30. The lowest BCUT2D eigenvalue weighted by Crippen LogP contribution is -2.40. The molecule has 0 bridgehead atoms. The molecule has 1 fully saturated rings. The minimum absolute atomic E-state index is 0.0862. The summed E-state index contributed by atoms with van der Waals surface area (Å²) in [5.41, 5.74) is 0.934. The van der Waals surface area contributed by atoms with Crippen molar-refractivity contribution in [2.24, 2.45) is 0 Å². The van der Waals surface area contributed by atoms with Crippen molar-refractivity contribution in [1.82, 2.24) is 0 Å². The second-order valence-corrected chi connectivity index (χ2v) is 4.17. The second-order valence-electron chi connectivity index (χ2n) is 4.17. The molecule has 2 heterocycles. The Morgan fingerprint density at radius 3 is 2.75 bits per heavy atom. The monoisotopic (exact) mass is 218 g/mol. The van der Waals surface area contributed by atoms with Crippen LogP contribution in [0.4, 0.5) is 0 Å². The van der Waals surface area contributed by atoms with Crippen molar-refractivity contribution in [1.29, 1.82) is 0 Å². The van der Waals surface area contributed by atoms with Crippen LogP contribution in [-0.4, -0.2) is 18.5 Å². The molecule has 3 rings (SSSR count). The molecule has 0 amide bonds. The van der Waals surface area contributed by atoms with E-state index in [2.05, 4.69) is 4.74 Å². The van der Waals surface area contributed by atoms with Gasteiger partial charge in [0.2, 0.25) is 0 Å². The maximum Gasteiger partial charge on any atom is 0.327 e. The average molecular weight is 218 g/mol. The van der Waals surface area contributed by atoms with Crippen LogP contribution in [-0.2, 0) is 31.1 Å². The molecule has 1 aromatic carbocycles. The van der Waals surface area contributed by atoms with Gasteiger partial charge in [-0.2, -0.15) is 0 Å². The van der Waals surface area contributed by atoms with Crippen molar-refractivity contribution >= 4 is 11.9 Å². The van der Waals surface area contributed by atoms with E-state index < -0.39 is 17.4 Å². The molecule has 16 heavy (non-hydrogen) atoms. The number of esters is 2. The van der Waals surface area contributed by atoms with Gasteiger partial charge < -0.3 is 9.47 Å². The van der Waals surface area contributed by atoms with Gasteiger partial charge >= 0.3 is 11.9 Å². The lowest BCUT2D eigenvalue weighted by atomic mass is 9.76. The maximum atomic E-state index is 11.8. The fraction of sp³-hybridized carbons (Fsp3) is 0.333. The first-order valence-electron chi connectivity index (χ1n) is 5.14. The number of hydrogen-bond acceptors (Lipinski definition) is 4. The van der Waals surface area contributed by atoms with Gasteiger partial charge in [0.1, 0.15) is 5.41 Å². The molecule has 1 aromatic rings. The quantitative estimate of drug-likeness (QED) is 0.480. The van der Waals surface area contributed by atoms with Crippen molar-refractivity contribution in [3.63, 3.8) is 0 Å². The molecule has 2 aliphatic rings. The van der Waals surface area contributed by atoms with Crippen molar-refractivity contribution in [2.75, 3.05) is 6.61 Å². The van der Waals surface area contributed by atoms with Crippen LogP contribution in [0.3, 0.4) is 0 Å². The zero-order valence-electron chi connectivity index (χ0n) is 8.56. The lowest BCUT2D eigenvalue weighted by molar-refractivity contribution is -0.154. The number of carbonyl (C=O) groups is 2. The van der Waals surface area contributed by atoms with E-state index in [1.165, 1.54) is 0 Å². The van der Waals surface area contributed by atoms with Gasteiger partial charge in [-0.3, -0.25) is 9.59 Å². The minimum Gasteiger partial charge on any atom is -0.392 e. The van der Waals surface area contributed by atoms with Gasteiger partial charge in [-0.25, -0.2) is 0 Å². The third-order valence-electron chi connectivity index (χ3n) is 3.18. The SMILES string of the molecule is O=C1CC2(COCc3ccccc32)C(=O)O1. The number of hydrogen-bond donors (Lipinski definition) is 0. The molecular weight excluding hydrogens is 208 g/mol. The van der Waals surface area contributed by atoms with Crippen molar-refractivity contribution < 1.29 is 19.1 Å². The Hall–Kier alpha value is -1.68. The van der Waals surface area contributed by atoms with Gasteiger partial charge in [0.15, 0.2) is 0 Å². The fourth-order valence-corrected chi connectivity index (χ4v) is 2.40. The standard InChI is InChI=1S/C12H10O4/c13-10-5-12(11(14)16-10)7-15-6-8-3-1-2-4-9(8)12/h1-4H,5-7H2. The highest BCUT2D eigenvalue weighted by molar-refractivity contribution is 6.01. The summed E-state index contributed by atoms with van der Waals surface area (Å²) in [6.45, 7) is 0.716. The first kappa shape index (κ1) is 9.54. The first-order valence-corrected chi connectivity index (χ1v) is 5.14. The zero-order chi connectivity index (χ0) is 11.2. The molecule has 4 heteroatoms. The molecule has 0 radical (unpaired) electrons. The number of benzene rings is 1. The normalized spacial score (nSPS) is 28.0. The van der Waals surface area contributed by atoms with Crippen LogP contribution >= 0.6 is 0 Å². The van der Waals surface area contributed by atoms with Crippen LogP contribution in [0, 0.1) is 0 Å². The van der Waals surface area contributed by atoms with Crippen LogP contribution in [0.2, 0.25) is 0 Å². The van der Waals surface area contributed by atoms with Crippen LogP contribution in [0.15, 0.2) is 24.3 Å². The molecule has 4 nitrogen and oxygen atoms in total. The Kier molecular flexibility index (Phi) is 1.88. The Morgan fingerprint density at radius 1 is 1.19 bits per heavy atom. The molecule has 0 N–H and O–H groups in total. The summed E-state index contributed by atoms with van der Waals surface area (Å²) in [7, 11) is 0. The van der Waals surface area contributed by atoms with Gasteiger partial charge in [-0.05, 0) is 11.1 Å². The Balaban J connectivity index is 2.17. The molecule has 1 unspecified atom stereocenters. The smallest absolute Gasteiger partial charge is 0.327 e. The van der Waals surface area contributed by atoms with Crippen LogP contribution < -0.4 is 0 Å². The van der Waals surface area contributed by atoms with E-state index in [1.807, 2.05) is 24.3 Å². The summed E-state index contributed by atoms with van der Waals surface area (Å²) in [6.07, 6.45) is 0.0862. The van der Waals surface area contributed by atoms with Gasteiger partial charge in [-0.1, -0.05) is 24.3 Å². The van der Waals surface area contributed by atoms with E-state index in [1.54, 1.807) is 0 Å². The van der Waals surface area contributed by atoms with Gasteiger partial charge in [0.25, 0.3) is 0 Å². The summed E-state index contributed by atoms with van der Waals surface area (Å²) in [4.78, 5) is 23.0. The topological polar surface area (TPSA) is 52.6 Å². The van der Waals surface area contributed by atoms with Gasteiger partial charge in [0, 0.05) is 0 Å². The Morgan fingerprint density at radius 2 is 2.00 bits per heavy atom. The molecule has 1 spiro atoms. The zero-order valence-corrected chi connectivity index (χ0v) is 8.56. The predicted molar refractivity (Wildman–Crippen MR) is 53.5 cm³/mol. The molecule has 0 saturated carbocycles. The highest BCUT2D eigenvalue weighted by Gasteiger charge is 2.53. The number of rotatable bonds is 0. The molecule has 0 aromatic heterocycles. The van der Waals surface area contributed by atoms with E-state index in [9.17, 15) is 9.59 Å². The second kappa shape index (κ2) is 3.15. The van der Waals surface area contributed by atoms with Crippen molar-refractivity contribution in [3.05, 3.63) is 35.4 Å². The summed E-state index contributed by atoms with van der Waals surface area (Å²) in [5.74, 6) is -0.949. The van der Waals surface area contributed by atoms with E-state index >= 15 is 0 Å². The average Bonchev–Trinajstić information content (AvgIpc) is 2.55. The molecule has 1 atom stereocenters. The Bertz CT molecular complexity index is 480. The van der Waals surface area contributed by atoms with Crippen LogP contribution in [0.5, 0.6) is 0 Å². The highest BCUT2D eigenvalue weighted by Crippen LogP contribution is 2.40. The van der Waals surface area contributed by atoms with E-state index in [0.717, 1.165) is 11.1 Å². The molecular formula is C12H10O4. The maximum absolute atomic E-state index is 11.8. The number of fused-ring (bicyclic) bond motifs is 2. The predicted octanol–water partition coefficient (Wildman–Crippen LogP) is 0.928. The number of carbonyl (C=O) groups excluding carboxylic acids is 2. The van der Waals surface area contributed by atoms with Gasteiger partial charge in [-0.15, -0.1) is 0 Å². The summed E-state index contributed by atoms with van der Waals surface area (Å²) in [5, 5.41) is 0. The minimum atomic E-state index is -0.897. The molecule has 0 aliphatic carbocycles. The third kappa shape index (κ3) is 1.13. The van der Waals surface area contributed by atoms with Crippen molar-refractivity contribution in [3.8, 4) is 0 Å². The summed E-state index contributed by atoms with van der Waals surface area (Å²) in [6, 6.07) is 7.54. The molecule has 82 valence electrons. The summed E-state index contributed by atoms with van der Waals surface area (Å²) >= 11 is 0. The van der Waals surface area contributed by atoms with E-state index in [4.69, 9.17) is 4.74 Å². The summed E-state index contributed by atoms with van der Waals surface area (Å²) < 4.78 is 10.1. The molecule has 2 aliphatic heterocycles. The number of cyclic esters (lactones) is 2. The third-order valence-corrected chi connectivity index (χ3v) is 3.18. The fourth-order valence-electron chi connectivity index (χ4n) is 2.40. The Labute approximate surface area is 92.2 Å². The number of ether oxygens (including phenoxy) is 2. The van der Waals surface area contributed by atoms with Crippen LogP contribution in [0.25, 0.3) is 0 Å². The first-order chi connectivity index (χ1) is 7.72. The van der Waals surface area contributed by atoms with Crippen molar-refractivity contribution in [2.45, 2.75) is 18.4 Å². The van der Waals surface area contributed by atoms with Crippen LogP contribution in [0.1, 0.15) is 17.5 Å². The van der Waals surface area contributed by atoms with E-state index in [-0.39, 0.29) is 13.0 Å². The highest BCUT2D eigenvalue weighted by atomic mass is 16.6. The molecule has 1 saturated heterocycles. The van der Waals surface area contributed by atoms with E-state index in [0.29, 0.717) is 6.61 Å². The van der Waals surface area contributed by atoms with Gasteiger partial charge in [0.05, 0.1) is 19.6 Å². The largest absolute Gasteiger partial charge is 0.392 e.